The van der Waals surface area contributed by atoms with Crippen LogP contribution in [0.1, 0.15) is 32.7 Å². The molecule has 27 heavy (non-hydrogen) atoms. The number of nitrogens with one attached hydrogen (secondary N) is 1. The first-order valence-electron chi connectivity index (χ1n) is 8.61. The zero-order chi connectivity index (χ0) is 18.6. The predicted octanol–water partition coefficient (Wildman–Crippen LogP) is 3.04. The number of thiazole rings is 1. The summed E-state index contributed by atoms with van der Waals surface area (Å²) in [4.78, 5) is 16.8. The summed E-state index contributed by atoms with van der Waals surface area (Å²) in [5.74, 6) is 1.20. The van der Waals surface area contributed by atoms with Crippen LogP contribution in [-0.2, 0) is 13.0 Å². The molecule has 1 aliphatic heterocycles. The number of carbonyl (C=O) groups excluding carboxylic acids is 1. The molecule has 7 heteroatoms. The molecule has 0 aliphatic carbocycles. The van der Waals surface area contributed by atoms with Crippen molar-refractivity contribution in [3.8, 4) is 11.5 Å². The van der Waals surface area contributed by atoms with Crippen LogP contribution in [0.15, 0.2) is 53.9 Å². The van der Waals surface area contributed by atoms with Crippen LogP contribution in [-0.4, -0.2) is 17.7 Å². The van der Waals surface area contributed by atoms with Gasteiger partial charge in [0.1, 0.15) is 10.7 Å². The Kier molecular flexibility index (Phi) is 5.04. The zero-order valence-electron chi connectivity index (χ0n) is 14.6. The average Bonchev–Trinajstić information content (AvgIpc) is 3.36. The molecule has 0 fully saturated rings. The fraction of sp³-hybridized carbons (Fsp3) is 0.200. The monoisotopic (exact) mass is 381 g/mol. The van der Waals surface area contributed by atoms with Crippen LogP contribution in [0.4, 0.5) is 0 Å². The highest BCUT2D eigenvalue weighted by atomic mass is 32.1. The minimum atomic E-state index is -0.229. The van der Waals surface area contributed by atoms with Crippen molar-refractivity contribution in [3.05, 3.63) is 75.7 Å². The van der Waals surface area contributed by atoms with E-state index in [1.807, 2.05) is 48.5 Å². The molecule has 0 saturated carbocycles. The summed E-state index contributed by atoms with van der Waals surface area (Å²) in [6.07, 6.45) is 0.687. The Morgan fingerprint density at radius 3 is 2.81 bits per heavy atom. The van der Waals surface area contributed by atoms with Gasteiger partial charge in [0, 0.05) is 11.9 Å². The van der Waals surface area contributed by atoms with Crippen molar-refractivity contribution in [2.75, 3.05) is 6.79 Å². The molecule has 1 aromatic heterocycles. The molecule has 1 amide bonds. The van der Waals surface area contributed by atoms with Gasteiger partial charge in [-0.1, -0.05) is 36.4 Å². The van der Waals surface area contributed by atoms with Crippen LogP contribution < -0.4 is 20.5 Å². The molecular weight excluding hydrogens is 362 g/mol. The molecule has 1 unspecified atom stereocenters. The molecular formula is C20H19N3O3S. The van der Waals surface area contributed by atoms with Crippen LogP contribution in [0.5, 0.6) is 11.5 Å². The summed E-state index contributed by atoms with van der Waals surface area (Å²) < 4.78 is 10.6. The standard InChI is InChI=1S/C20H19N3O3S/c21-15(8-13-4-2-1-3-5-13)20-23-16(11-27-20)19(24)22-10-14-6-7-17-18(9-14)26-12-25-17/h1-7,9,11,15H,8,10,12,21H2,(H,22,24). The Morgan fingerprint density at radius 1 is 1.15 bits per heavy atom. The first-order chi connectivity index (χ1) is 13.2. The van der Waals surface area contributed by atoms with E-state index in [4.69, 9.17) is 15.2 Å². The van der Waals surface area contributed by atoms with Crippen molar-refractivity contribution in [2.24, 2.45) is 5.73 Å². The number of amides is 1. The number of benzene rings is 2. The summed E-state index contributed by atoms with van der Waals surface area (Å²) >= 11 is 1.41. The number of fused-ring (bicyclic) bond motifs is 1. The van der Waals surface area contributed by atoms with Gasteiger partial charge in [-0.15, -0.1) is 11.3 Å². The number of hydrogen-bond donors (Lipinski definition) is 2. The molecule has 0 bridgehead atoms. The third-order valence-corrected chi connectivity index (χ3v) is 5.24. The third-order valence-electron chi connectivity index (χ3n) is 4.26. The van der Waals surface area contributed by atoms with E-state index < -0.39 is 0 Å². The number of ether oxygens (including phenoxy) is 2. The highest BCUT2D eigenvalue weighted by Crippen LogP contribution is 2.32. The number of aromatic nitrogens is 1. The summed E-state index contributed by atoms with van der Waals surface area (Å²) in [5, 5.41) is 5.38. The fourth-order valence-corrected chi connectivity index (χ4v) is 3.64. The molecule has 2 heterocycles. The van der Waals surface area contributed by atoms with Crippen molar-refractivity contribution in [1.29, 1.82) is 0 Å². The van der Waals surface area contributed by atoms with Crippen LogP contribution in [0.3, 0.4) is 0 Å². The normalized spacial score (nSPS) is 13.4. The summed E-state index contributed by atoms with van der Waals surface area (Å²) in [5.41, 5.74) is 8.72. The van der Waals surface area contributed by atoms with Crippen molar-refractivity contribution in [1.82, 2.24) is 10.3 Å². The third kappa shape index (κ3) is 4.10. The second-order valence-corrected chi connectivity index (χ2v) is 7.13. The number of nitrogens with zero attached hydrogens (tertiary/aromatic N) is 1. The van der Waals surface area contributed by atoms with E-state index >= 15 is 0 Å². The number of nitrogens with two attached hydrogens (primary N) is 1. The zero-order valence-corrected chi connectivity index (χ0v) is 15.4. The topological polar surface area (TPSA) is 86.5 Å². The summed E-state index contributed by atoms with van der Waals surface area (Å²) in [6.45, 7) is 0.619. The lowest BCUT2D eigenvalue weighted by molar-refractivity contribution is 0.0946. The lowest BCUT2D eigenvalue weighted by atomic mass is 10.1. The highest BCUT2D eigenvalue weighted by Gasteiger charge is 2.17. The Bertz CT molecular complexity index is 943. The maximum atomic E-state index is 12.4. The van der Waals surface area contributed by atoms with Gasteiger partial charge in [0.2, 0.25) is 6.79 Å². The van der Waals surface area contributed by atoms with Gasteiger partial charge < -0.3 is 20.5 Å². The van der Waals surface area contributed by atoms with Gasteiger partial charge in [0.15, 0.2) is 11.5 Å². The number of rotatable bonds is 6. The van der Waals surface area contributed by atoms with Crippen LogP contribution in [0, 0.1) is 0 Å². The maximum absolute atomic E-state index is 12.4. The van der Waals surface area contributed by atoms with E-state index in [9.17, 15) is 4.79 Å². The SMILES string of the molecule is NC(Cc1ccccc1)c1nc(C(=O)NCc2ccc3c(c2)OCO3)cs1. The first-order valence-corrected chi connectivity index (χ1v) is 9.48. The van der Waals surface area contributed by atoms with Gasteiger partial charge in [-0.05, 0) is 29.7 Å². The van der Waals surface area contributed by atoms with Crippen molar-refractivity contribution < 1.29 is 14.3 Å². The lowest BCUT2D eigenvalue weighted by Crippen LogP contribution is -2.23. The highest BCUT2D eigenvalue weighted by molar-refractivity contribution is 7.09. The van der Waals surface area contributed by atoms with E-state index in [1.54, 1.807) is 5.38 Å². The van der Waals surface area contributed by atoms with E-state index in [0.717, 1.165) is 21.9 Å². The van der Waals surface area contributed by atoms with Gasteiger partial charge in [0.05, 0.1) is 6.04 Å². The van der Waals surface area contributed by atoms with Gasteiger partial charge in [-0.25, -0.2) is 4.98 Å². The smallest absolute Gasteiger partial charge is 0.271 e. The van der Waals surface area contributed by atoms with E-state index in [2.05, 4.69) is 10.3 Å². The summed E-state index contributed by atoms with van der Waals surface area (Å²) in [7, 11) is 0. The predicted molar refractivity (Wildman–Crippen MR) is 103 cm³/mol. The van der Waals surface area contributed by atoms with Crippen molar-refractivity contribution in [2.45, 2.75) is 19.0 Å². The number of hydrogen-bond acceptors (Lipinski definition) is 6. The van der Waals surface area contributed by atoms with E-state index in [-0.39, 0.29) is 18.7 Å². The van der Waals surface area contributed by atoms with E-state index in [1.165, 1.54) is 11.3 Å². The van der Waals surface area contributed by atoms with Crippen LogP contribution in [0.2, 0.25) is 0 Å². The molecule has 2 aromatic carbocycles. The van der Waals surface area contributed by atoms with Crippen LogP contribution in [0.25, 0.3) is 0 Å². The molecule has 3 aromatic rings. The molecule has 0 saturated heterocycles. The molecule has 138 valence electrons. The molecule has 1 aliphatic rings. The molecule has 4 rings (SSSR count). The second kappa shape index (κ2) is 7.77. The first kappa shape index (κ1) is 17.5. The minimum absolute atomic E-state index is 0.220. The van der Waals surface area contributed by atoms with Gasteiger partial charge in [-0.2, -0.15) is 0 Å². The van der Waals surface area contributed by atoms with E-state index in [0.29, 0.717) is 24.4 Å². The van der Waals surface area contributed by atoms with Crippen molar-refractivity contribution >= 4 is 17.2 Å². The Hall–Kier alpha value is -2.90. The number of carbonyl (C=O) groups is 1. The van der Waals surface area contributed by atoms with Gasteiger partial charge in [0.25, 0.3) is 5.91 Å². The van der Waals surface area contributed by atoms with Gasteiger partial charge >= 0.3 is 0 Å². The fourth-order valence-electron chi connectivity index (χ4n) is 2.84. The van der Waals surface area contributed by atoms with Gasteiger partial charge in [-0.3, -0.25) is 4.79 Å². The molecule has 6 nitrogen and oxygen atoms in total. The quantitative estimate of drug-likeness (QED) is 0.685. The lowest BCUT2D eigenvalue weighted by Gasteiger charge is -2.08. The molecule has 1 atom stereocenters. The molecule has 0 radical (unpaired) electrons. The molecule has 3 N–H and O–H groups in total. The average molecular weight is 381 g/mol. The Morgan fingerprint density at radius 2 is 1.96 bits per heavy atom. The molecule has 0 spiro atoms. The second-order valence-electron chi connectivity index (χ2n) is 6.24. The minimum Gasteiger partial charge on any atom is -0.454 e. The maximum Gasteiger partial charge on any atom is 0.271 e. The van der Waals surface area contributed by atoms with Crippen molar-refractivity contribution in [3.63, 3.8) is 0 Å². The largest absolute Gasteiger partial charge is 0.454 e. The van der Waals surface area contributed by atoms with Crippen LogP contribution >= 0.6 is 11.3 Å². The Labute approximate surface area is 161 Å². The Balaban J connectivity index is 1.35. The summed E-state index contributed by atoms with van der Waals surface area (Å²) in [6, 6.07) is 15.4.